The molecule has 2 aromatic rings. The van der Waals surface area contributed by atoms with Crippen LogP contribution in [0.4, 0.5) is 11.4 Å². The van der Waals surface area contributed by atoms with Gasteiger partial charge >= 0.3 is 11.9 Å². The van der Waals surface area contributed by atoms with Gasteiger partial charge in [0.1, 0.15) is 0 Å². The highest BCUT2D eigenvalue weighted by Gasteiger charge is 2.18. The van der Waals surface area contributed by atoms with E-state index in [9.17, 15) is 9.59 Å². The lowest BCUT2D eigenvalue weighted by Crippen LogP contribution is -2.31. The Bertz CT molecular complexity index is 681. The zero-order valence-electron chi connectivity index (χ0n) is 17.5. The van der Waals surface area contributed by atoms with Crippen molar-refractivity contribution >= 4 is 23.3 Å². The summed E-state index contributed by atoms with van der Waals surface area (Å²) in [5, 5.41) is 6.51. The Morgan fingerprint density at radius 3 is 1.40 bits per heavy atom. The topological polar surface area (TPSA) is 129 Å². The molecule has 0 fully saturated rings. The zero-order chi connectivity index (χ0) is 22.2. The number of ether oxygens (including phenoxy) is 2. The largest absolute Gasteiger partial charge is 0.469 e. The Morgan fingerprint density at radius 2 is 1.10 bits per heavy atom. The molecule has 8 heteroatoms. The van der Waals surface area contributed by atoms with Crippen LogP contribution in [0.3, 0.4) is 0 Å². The Kier molecular flexibility index (Phi) is 12.3. The first-order valence-corrected chi connectivity index (χ1v) is 9.69. The quantitative estimate of drug-likeness (QED) is 0.431. The molecule has 2 rings (SSSR count). The van der Waals surface area contributed by atoms with Crippen LogP contribution in [0.15, 0.2) is 60.7 Å². The zero-order valence-corrected chi connectivity index (χ0v) is 17.5. The smallest absolute Gasteiger partial charge is 0.312 e. The fourth-order valence-corrected chi connectivity index (χ4v) is 2.45. The lowest BCUT2D eigenvalue weighted by Gasteiger charge is -2.17. The van der Waals surface area contributed by atoms with Crippen LogP contribution in [0.25, 0.3) is 0 Å². The highest BCUT2D eigenvalue weighted by atomic mass is 16.5. The predicted octanol–water partition coefficient (Wildman–Crippen LogP) is 1.69. The van der Waals surface area contributed by atoms with Crippen molar-refractivity contribution in [1.82, 2.24) is 0 Å². The van der Waals surface area contributed by atoms with E-state index in [1.807, 2.05) is 60.7 Å². The van der Waals surface area contributed by atoms with Crippen LogP contribution in [-0.4, -0.2) is 52.3 Å². The van der Waals surface area contributed by atoms with E-state index >= 15 is 0 Å². The second-order valence-corrected chi connectivity index (χ2v) is 6.41. The summed E-state index contributed by atoms with van der Waals surface area (Å²) in [6.07, 6.45) is 0. The van der Waals surface area contributed by atoms with Gasteiger partial charge in [-0.05, 0) is 24.3 Å². The Morgan fingerprint density at radius 1 is 0.733 bits per heavy atom. The van der Waals surface area contributed by atoms with Crippen molar-refractivity contribution in [2.24, 2.45) is 23.3 Å². The van der Waals surface area contributed by atoms with E-state index in [-0.39, 0.29) is 36.9 Å². The van der Waals surface area contributed by atoms with Crippen LogP contribution in [0.1, 0.15) is 0 Å². The number of hydrogen-bond acceptors (Lipinski definition) is 8. The average Bonchev–Trinajstić information content (AvgIpc) is 2.81. The summed E-state index contributed by atoms with van der Waals surface area (Å²) in [4.78, 5) is 22.4. The summed E-state index contributed by atoms with van der Waals surface area (Å²) in [7, 11) is 2.74. The minimum absolute atomic E-state index is 0.220. The van der Waals surface area contributed by atoms with Crippen LogP contribution in [0, 0.1) is 11.8 Å². The molecule has 164 valence electrons. The first-order valence-electron chi connectivity index (χ1n) is 9.69. The third-order valence-corrected chi connectivity index (χ3v) is 4.29. The molecule has 0 heterocycles. The second-order valence-electron chi connectivity index (χ2n) is 6.41. The van der Waals surface area contributed by atoms with Gasteiger partial charge in [0.2, 0.25) is 0 Å². The van der Waals surface area contributed by atoms with Gasteiger partial charge in [-0.2, -0.15) is 0 Å². The SMILES string of the molecule is COC(=O)C(CN)CN.COC(=O)C(CNc1ccccc1)CNc1ccccc1. The number of benzene rings is 2. The van der Waals surface area contributed by atoms with Crippen molar-refractivity contribution in [2.75, 3.05) is 51.0 Å². The van der Waals surface area contributed by atoms with Gasteiger partial charge in [-0.3, -0.25) is 9.59 Å². The second kappa shape index (κ2) is 14.8. The Balaban J connectivity index is 0.000000424. The molecule has 0 saturated carbocycles. The molecular formula is C22H32N4O4. The van der Waals surface area contributed by atoms with Crippen LogP contribution in [0.5, 0.6) is 0 Å². The summed E-state index contributed by atoms with van der Waals surface area (Å²) < 4.78 is 9.27. The molecule has 0 aliphatic carbocycles. The Hall–Kier alpha value is -3.10. The van der Waals surface area contributed by atoms with E-state index in [0.29, 0.717) is 13.1 Å². The summed E-state index contributed by atoms with van der Waals surface area (Å²) >= 11 is 0. The molecule has 8 nitrogen and oxygen atoms in total. The van der Waals surface area contributed by atoms with Crippen LogP contribution in [-0.2, 0) is 19.1 Å². The predicted molar refractivity (Wildman–Crippen MR) is 119 cm³/mol. The van der Waals surface area contributed by atoms with Gasteiger partial charge in [-0.15, -0.1) is 0 Å². The van der Waals surface area contributed by atoms with E-state index in [4.69, 9.17) is 16.2 Å². The van der Waals surface area contributed by atoms with E-state index in [1.54, 1.807) is 0 Å². The number of nitrogens with one attached hydrogen (secondary N) is 2. The third-order valence-electron chi connectivity index (χ3n) is 4.29. The van der Waals surface area contributed by atoms with E-state index in [1.165, 1.54) is 14.2 Å². The van der Waals surface area contributed by atoms with Crippen molar-refractivity contribution in [3.05, 3.63) is 60.7 Å². The molecular weight excluding hydrogens is 384 g/mol. The number of nitrogens with two attached hydrogens (primary N) is 2. The van der Waals surface area contributed by atoms with Gasteiger partial charge in [0.25, 0.3) is 0 Å². The molecule has 0 saturated heterocycles. The lowest BCUT2D eigenvalue weighted by molar-refractivity contribution is -0.145. The summed E-state index contributed by atoms with van der Waals surface area (Å²) in [5.41, 5.74) is 12.3. The normalized spacial score (nSPS) is 10.1. The van der Waals surface area contributed by atoms with Gasteiger partial charge in [-0.25, -0.2) is 0 Å². The minimum atomic E-state index is -0.338. The maximum absolute atomic E-state index is 11.9. The van der Waals surface area contributed by atoms with E-state index < -0.39 is 0 Å². The van der Waals surface area contributed by atoms with Crippen LogP contribution >= 0.6 is 0 Å². The monoisotopic (exact) mass is 416 g/mol. The third kappa shape index (κ3) is 9.40. The van der Waals surface area contributed by atoms with Gasteiger partial charge in [0.05, 0.1) is 26.1 Å². The minimum Gasteiger partial charge on any atom is -0.469 e. The summed E-state index contributed by atoms with van der Waals surface area (Å²) in [6.45, 7) is 1.55. The van der Waals surface area contributed by atoms with Gasteiger partial charge in [-0.1, -0.05) is 36.4 Å². The molecule has 0 aromatic heterocycles. The number of rotatable bonds is 10. The molecule has 0 aliphatic rings. The summed E-state index contributed by atoms with van der Waals surface area (Å²) in [6, 6.07) is 19.6. The molecule has 0 radical (unpaired) electrons. The average molecular weight is 417 g/mol. The number of para-hydroxylation sites is 2. The maximum Gasteiger partial charge on any atom is 0.312 e. The molecule has 0 spiro atoms. The molecule has 2 aromatic carbocycles. The van der Waals surface area contributed by atoms with Crippen molar-refractivity contribution in [2.45, 2.75) is 0 Å². The number of anilines is 2. The van der Waals surface area contributed by atoms with Crippen LogP contribution in [0.2, 0.25) is 0 Å². The number of carbonyl (C=O) groups is 2. The van der Waals surface area contributed by atoms with Gasteiger partial charge in [0, 0.05) is 37.6 Å². The van der Waals surface area contributed by atoms with E-state index in [2.05, 4.69) is 15.4 Å². The molecule has 0 atom stereocenters. The number of methoxy groups -OCH3 is 2. The molecule has 0 aliphatic heterocycles. The van der Waals surface area contributed by atoms with Gasteiger partial charge in [0.15, 0.2) is 0 Å². The van der Waals surface area contributed by atoms with Crippen LogP contribution < -0.4 is 22.1 Å². The highest BCUT2D eigenvalue weighted by Crippen LogP contribution is 2.10. The highest BCUT2D eigenvalue weighted by molar-refractivity contribution is 5.74. The van der Waals surface area contributed by atoms with Crippen molar-refractivity contribution in [1.29, 1.82) is 0 Å². The molecule has 0 bridgehead atoms. The summed E-state index contributed by atoms with van der Waals surface area (Å²) in [5.74, 6) is -1.15. The standard InChI is InChI=1S/C17H20N2O2.C5H12N2O2/c1-21-17(20)14(12-18-15-8-4-2-5-9-15)13-19-16-10-6-3-7-11-16;1-9-5(8)4(2-6)3-7/h2-11,14,18-19H,12-13H2,1H3;4H,2-3,6-7H2,1H3. The van der Waals surface area contributed by atoms with Gasteiger partial charge < -0.3 is 31.6 Å². The fraction of sp³-hybridized carbons (Fsp3) is 0.364. The molecule has 0 amide bonds. The van der Waals surface area contributed by atoms with Crippen molar-refractivity contribution in [3.63, 3.8) is 0 Å². The molecule has 0 unspecified atom stereocenters. The number of hydrogen-bond donors (Lipinski definition) is 4. The molecule has 30 heavy (non-hydrogen) atoms. The van der Waals surface area contributed by atoms with Crippen molar-refractivity contribution < 1.29 is 19.1 Å². The number of carbonyl (C=O) groups excluding carboxylic acids is 2. The fourth-order valence-electron chi connectivity index (χ4n) is 2.45. The Labute approximate surface area is 177 Å². The van der Waals surface area contributed by atoms with Crippen molar-refractivity contribution in [3.8, 4) is 0 Å². The maximum atomic E-state index is 11.9. The lowest BCUT2D eigenvalue weighted by atomic mass is 10.1. The molecule has 6 N–H and O–H groups in total. The first-order chi connectivity index (χ1) is 14.5. The number of esters is 2. The van der Waals surface area contributed by atoms with E-state index in [0.717, 1.165) is 11.4 Å². The first kappa shape index (κ1) is 24.9.